The monoisotopic (exact) mass is 314 g/mol. The topological polar surface area (TPSA) is 25.8 Å². The summed E-state index contributed by atoms with van der Waals surface area (Å²) in [5.41, 5.74) is 1.52. The van der Waals surface area contributed by atoms with E-state index >= 15 is 0 Å². The second-order valence-corrected chi connectivity index (χ2v) is 5.19. The van der Waals surface area contributed by atoms with Gasteiger partial charge in [0.25, 0.3) is 0 Å². The maximum absolute atomic E-state index is 13.2. The maximum Gasteiger partial charge on any atom is 0.433 e. The van der Waals surface area contributed by atoms with Crippen molar-refractivity contribution in [3.63, 3.8) is 0 Å². The van der Waals surface area contributed by atoms with Gasteiger partial charge in [-0.3, -0.25) is 0 Å². The number of benzene rings is 2. The zero-order valence-electron chi connectivity index (χ0n) is 12.3. The van der Waals surface area contributed by atoms with E-state index in [4.69, 9.17) is 0 Å². The Labute approximate surface area is 131 Å². The molecule has 5 heteroatoms. The van der Waals surface area contributed by atoms with E-state index in [0.717, 1.165) is 11.6 Å². The molecule has 1 heterocycles. The number of rotatable bonds is 2. The Morgan fingerprint density at radius 2 is 1.43 bits per heavy atom. The first kappa shape index (κ1) is 15.2. The first-order chi connectivity index (χ1) is 10.9. The summed E-state index contributed by atoms with van der Waals surface area (Å²) in [5, 5.41) is 0. The smallest absolute Gasteiger partial charge is 0.228 e. The van der Waals surface area contributed by atoms with E-state index < -0.39 is 11.9 Å². The van der Waals surface area contributed by atoms with Crippen LogP contribution in [0.25, 0.3) is 22.6 Å². The fourth-order valence-corrected chi connectivity index (χ4v) is 2.18. The Kier molecular flexibility index (Phi) is 3.86. The number of halogens is 3. The molecule has 0 spiro atoms. The van der Waals surface area contributed by atoms with Gasteiger partial charge in [-0.25, -0.2) is 9.97 Å². The van der Waals surface area contributed by atoms with Crippen LogP contribution in [0.15, 0.2) is 60.7 Å². The molecule has 0 saturated heterocycles. The van der Waals surface area contributed by atoms with Crippen molar-refractivity contribution in [1.29, 1.82) is 0 Å². The van der Waals surface area contributed by atoms with Gasteiger partial charge in [-0.1, -0.05) is 60.2 Å². The molecule has 0 atom stereocenters. The SMILES string of the molecule is Cc1ccc(-c2cc(C(F)(F)F)nc(-c3ccccc3)n2)cc1. The van der Waals surface area contributed by atoms with E-state index in [1.165, 1.54) is 0 Å². The summed E-state index contributed by atoms with van der Waals surface area (Å²) in [4.78, 5) is 7.99. The van der Waals surface area contributed by atoms with Gasteiger partial charge in [0.15, 0.2) is 5.82 Å². The molecule has 0 bridgehead atoms. The van der Waals surface area contributed by atoms with Gasteiger partial charge in [0.2, 0.25) is 0 Å². The van der Waals surface area contributed by atoms with Crippen LogP contribution in [0.2, 0.25) is 0 Å². The molecule has 1 aromatic heterocycles. The Hall–Kier alpha value is -2.69. The highest BCUT2D eigenvalue weighted by Crippen LogP contribution is 2.32. The Bertz CT molecular complexity index is 810. The van der Waals surface area contributed by atoms with E-state index in [9.17, 15) is 13.2 Å². The summed E-state index contributed by atoms with van der Waals surface area (Å²) in [5.74, 6) is 0.0657. The molecule has 0 N–H and O–H groups in total. The first-order valence-electron chi connectivity index (χ1n) is 7.02. The lowest BCUT2D eigenvalue weighted by atomic mass is 10.1. The van der Waals surface area contributed by atoms with Gasteiger partial charge in [0, 0.05) is 11.1 Å². The number of aromatic nitrogens is 2. The molecular formula is C18H13F3N2. The number of hydrogen-bond acceptors (Lipinski definition) is 2. The van der Waals surface area contributed by atoms with Gasteiger partial charge in [-0.2, -0.15) is 13.2 Å². The number of nitrogens with zero attached hydrogens (tertiary/aromatic N) is 2. The normalized spacial score (nSPS) is 11.5. The highest BCUT2D eigenvalue weighted by Gasteiger charge is 2.33. The van der Waals surface area contributed by atoms with Crippen molar-refractivity contribution in [2.45, 2.75) is 13.1 Å². The molecule has 3 rings (SSSR count). The quantitative estimate of drug-likeness (QED) is 0.654. The third-order valence-corrected chi connectivity index (χ3v) is 3.40. The highest BCUT2D eigenvalue weighted by molar-refractivity contribution is 5.64. The Balaban J connectivity index is 2.18. The average Bonchev–Trinajstić information content (AvgIpc) is 2.55. The number of hydrogen-bond donors (Lipinski definition) is 0. The molecule has 0 fully saturated rings. The van der Waals surface area contributed by atoms with Crippen LogP contribution in [0.4, 0.5) is 13.2 Å². The average molecular weight is 314 g/mol. The second kappa shape index (κ2) is 5.83. The molecule has 0 radical (unpaired) electrons. The predicted octanol–water partition coefficient (Wildman–Crippen LogP) is 5.14. The molecule has 0 unspecified atom stereocenters. The van der Waals surface area contributed by atoms with Crippen LogP contribution in [0.5, 0.6) is 0 Å². The summed E-state index contributed by atoms with van der Waals surface area (Å²) in [6, 6.07) is 16.8. The lowest BCUT2D eigenvalue weighted by Gasteiger charge is -2.11. The van der Waals surface area contributed by atoms with Crippen molar-refractivity contribution < 1.29 is 13.2 Å². The molecular weight excluding hydrogens is 301 g/mol. The zero-order valence-corrected chi connectivity index (χ0v) is 12.3. The zero-order chi connectivity index (χ0) is 16.4. The Morgan fingerprint density at radius 1 is 0.783 bits per heavy atom. The molecule has 0 aliphatic carbocycles. The summed E-state index contributed by atoms with van der Waals surface area (Å²) in [7, 11) is 0. The van der Waals surface area contributed by atoms with Gasteiger partial charge in [0.05, 0.1) is 5.69 Å². The molecule has 0 aliphatic heterocycles. The predicted molar refractivity (Wildman–Crippen MR) is 82.6 cm³/mol. The third-order valence-electron chi connectivity index (χ3n) is 3.40. The van der Waals surface area contributed by atoms with Crippen LogP contribution in [0.3, 0.4) is 0 Å². The summed E-state index contributed by atoms with van der Waals surface area (Å²) in [6.07, 6.45) is -4.52. The van der Waals surface area contributed by atoms with Crippen LogP contribution in [0, 0.1) is 6.92 Å². The first-order valence-corrected chi connectivity index (χ1v) is 7.02. The highest BCUT2D eigenvalue weighted by atomic mass is 19.4. The fourth-order valence-electron chi connectivity index (χ4n) is 2.18. The van der Waals surface area contributed by atoms with Crippen LogP contribution in [-0.2, 0) is 6.18 Å². The van der Waals surface area contributed by atoms with E-state index in [1.807, 2.05) is 19.1 Å². The van der Waals surface area contributed by atoms with Crippen molar-refractivity contribution >= 4 is 0 Å². The van der Waals surface area contributed by atoms with E-state index in [1.54, 1.807) is 42.5 Å². The van der Waals surface area contributed by atoms with E-state index in [0.29, 0.717) is 11.1 Å². The van der Waals surface area contributed by atoms with Crippen LogP contribution in [0.1, 0.15) is 11.3 Å². The largest absolute Gasteiger partial charge is 0.433 e. The summed E-state index contributed by atoms with van der Waals surface area (Å²) in [6.45, 7) is 1.92. The number of alkyl halides is 3. The van der Waals surface area contributed by atoms with E-state index in [-0.39, 0.29) is 11.5 Å². The number of aryl methyl sites for hydroxylation is 1. The Morgan fingerprint density at radius 3 is 2.04 bits per heavy atom. The fraction of sp³-hybridized carbons (Fsp3) is 0.111. The molecule has 2 nitrogen and oxygen atoms in total. The van der Waals surface area contributed by atoms with Crippen molar-refractivity contribution in [1.82, 2.24) is 9.97 Å². The van der Waals surface area contributed by atoms with Crippen LogP contribution in [-0.4, -0.2) is 9.97 Å². The molecule has 0 aliphatic rings. The van der Waals surface area contributed by atoms with Crippen LogP contribution < -0.4 is 0 Å². The van der Waals surface area contributed by atoms with Gasteiger partial charge >= 0.3 is 6.18 Å². The molecule has 2 aromatic carbocycles. The maximum atomic E-state index is 13.2. The van der Waals surface area contributed by atoms with Crippen LogP contribution >= 0.6 is 0 Å². The van der Waals surface area contributed by atoms with Crippen molar-refractivity contribution in [2.24, 2.45) is 0 Å². The van der Waals surface area contributed by atoms with Crippen molar-refractivity contribution in [2.75, 3.05) is 0 Å². The minimum atomic E-state index is -4.52. The van der Waals surface area contributed by atoms with Gasteiger partial charge in [0.1, 0.15) is 5.69 Å². The minimum absolute atomic E-state index is 0.0657. The summed E-state index contributed by atoms with van der Waals surface area (Å²) >= 11 is 0. The summed E-state index contributed by atoms with van der Waals surface area (Å²) < 4.78 is 39.5. The molecule has 3 aromatic rings. The van der Waals surface area contributed by atoms with Gasteiger partial charge < -0.3 is 0 Å². The molecule has 0 saturated carbocycles. The lowest BCUT2D eigenvalue weighted by Crippen LogP contribution is -2.10. The van der Waals surface area contributed by atoms with E-state index in [2.05, 4.69) is 9.97 Å². The van der Waals surface area contributed by atoms with Crippen molar-refractivity contribution in [3.8, 4) is 22.6 Å². The standard InChI is InChI=1S/C18H13F3N2/c1-12-7-9-13(10-8-12)15-11-16(18(19,20)21)23-17(22-15)14-5-3-2-4-6-14/h2-11H,1H3. The molecule has 23 heavy (non-hydrogen) atoms. The molecule has 116 valence electrons. The van der Waals surface area contributed by atoms with Gasteiger partial charge in [-0.15, -0.1) is 0 Å². The third kappa shape index (κ3) is 3.39. The molecule has 0 amide bonds. The lowest BCUT2D eigenvalue weighted by molar-refractivity contribution is -0.141. The van der Waals surface area contributed by atoms with Crippen molar-refractivity contribution in [3.05, 3.63) is 71.9 Å². The minimum Gasteiger partial charge on any atom is -0.228 e. The van der Waals surface area contributed by atoms with Gasteiger partial charge in [-0.05, 0) is 13.0 Å². The second-order valence-electron chi connectivity index (χ2n) is 5.19.